The van der Waals surface area contributed by atoms with E-state index >= 15 is 0 Å². The lowest BCUT2D eigenvalue weighted by molar-refractivity contribution is 0.508. The summed E-state index contributed by atoms with van der Waals surface area (Å²) in [6.45, 7) is 3.72. The summed E-state index contributed by atoms with van der Waals surface area (Å²) in [5, 5.41) is 9.56. The van der Waals surface area contributed by atoms with Crippen molar-refractivity contribution in [3.05, 3.63) is 59.5 Å². The molecular weight excluding hydrogens is 284 g/mol. The smallest absolute Gasteiger partial charge is 0.129 e. The zero-order valence-corrected chi connectivity index (χ0v) is 12.6. The lowest BCUT2D eigenvalue weighted by Gasteiger charge is -2.13. The van der Waals surface area contributed by atoms with Crippen LogP contribution in [-0.4, -0.2) is 21.3 Å². The van der Waals surface area contributed by atoms with Crippen molar-refractivity contribution >= 4 is 22.5 Å². The van der Waals surface area contributed by atoms with Crippen LogP contribution in [0.5, 0.6) is 0 Å². The topological polar surface area (TPSA) is 42.7 Å². The van der Waals surface area contributed by atoms with E-state index in [1.807, 2.05) is 35.1 Å². The third-order valence-electron chi connectivity index (χ3n) is 3.51. The highest BCUT2D eigenvalue weighted by molar-refractivity contribution is 6.29. The highest BCUT2D eigenvalue weighted by Crippen LogP contribution is 2.14. The first kappa shape index (κ1) is 14.0. The number of fused-ring (bicyclic) bond motifs is 1. The average Bonchev–Trinajstić information content (AvgIpc) is 2.91. The fourth-order valence-electron chi connectivity index (χ4n) is 2.36. The van der Waals surface area contributed by atoms with Crippen LogP contribution in [0, 0.1) is 0 Å². The fraction of sp³-hybridized carbons (Fsp3) is 0.250. The molecule has 0 amide bonds. The van der Waals surface area contributed by atoms with Gasteiger partial charge in [-0.25, -0.2) is 4.98 Å². The zero-order valence-electron chi connectivity index (χ0n) is 11.8. The Morgan fingerprint density at radius 3 is 2.90 bits per heavy atom. The van der Waals surface area contributed by atoms with Gasteiger partial charge in [-0.3, -0.25) is 4.68 Å². The Bertz CT molecular complexity index is 738. The Labute approximate surface area is 128 Å². The molecule has 3 rings (SSSR count). The molecule has 5 heteroatoms. The number of benzene rings is 1. The molecule has 0 aliphatic carbocycles. The van der Waals surface area contributed by atoms with Crippen LogP contribution in [0.2, 0.25) is 5.15 Å². The van der Waals surface area contributed by atoms with Crippen LogP contribution in [0.1, 0.15) is 18.7 Å². The van der Waals surface area contributed by atoms with Crippen molar-refractivity contribution in [1.82, 2.24) is 20.1 Å². The standard InChI is InChI=1S/C16H17ClN4/c1-12(14-6-4-8-16(17)20-14)18-9-10-21-15-7-3-2-5-13(15)11-19-21/h2-8,11-12,18H,9-10H2,1H3. The van der Waals surface area contributed by atoms with E-state index < -0.39 is 0 Å². The van der Waals surface area contributed by atoms with Crippen molar-refractivity contribution < 1.29 is 0 Å². The van der Waals surface area contributed by atoms with E-state index in [-0.39, 0.29) is 6.04 Å². The van der Waals surface area contributed by atoms with Crippen molar-refractivity contribution in [1.29, 1.82) is 0 Å². The number of hydrogen-bond acceptors (Lipinski definition) is 3. The molecule has 3 aromatic rings. The van der Waals surface area contributed by atoms with E-state index in [0.29, 0.717) is 5.15 Å². The number of aromatic nitrogens is 3. The Hall–Kier alpha value is -1.91. The second-order valence-electron chi connectivity index (χ2n) is 4.99. The van der Waals surface area contributed by atoms with Crippen LogP contribution in [0.15, 0.2) is 48.7 Å². The summed E-state index contributed by atoms with van der Waals surface area (Å²) in [5.41, 5.74) is 2.11. The normalized spacial score (nSPS) is 12.7. The molecule has 1 aromatic carbocycles. The van der Waals surface area contributed by atoms with Gasteiger partial charge in [-0.1, -0.05) is 35.9 Å². The van der Waals surface area contributed by atoms with Gasteiger partial charge < -0.3 is 5.32 Å². The summed E-state index contributed by atoms with van der Waals surface area (Å²) in [6, 6.07) is 14.1. The van der Waals surface area contributed by atoms with Crippen LogP contribution < -0.4 is 5.32 Å². The van der Waals surface area contributed by atoms with Gasteiger partial charge in [0.05, 0.1) is 24.0 Å². The van der Waals surface area contributed by atoms with Gasteiger partial charge in [-0.2, -0.15) is 5.10 Å². The molecule has 0 aliphatic heterocycles. The summed E-state index contributed by atoms with van der Waals surface area (Å²) >= 11 is 5.92. The summed E-state index contributed by atoms with van der Waals surface area (Å²) in [6.07, 6.45) is 1.90. The van der Waals surface area contributed by atoms with Crippen LogP contribution in [0.25, 0.3) is 10.9 Å². The van der Waals surface area contributed by atoms with E-state index in [4.69, 9.17) is 11.6 Å². The second kappa shape index (κ2) is 6.24. The molecule has 0 saturated carbocycles. The first-order valence-corrected chi connectivity index (χ1v) is 7.38. The molecule has 0 radical (unpaired) electrons. The maximum atomic E-state index is 5.92. The summed E-state index contributed by atoms with van der Waals surface area (Å²) < 4.78 is 2.01. The minimum atomic E-state index is 0.158. The fourth-order valence-corrected chi connectivity index (χ4v) is 2.53. The van der Waals surface area contributed by atoms with Crippen molar-refractivity contribution in [3.8, 4) is 0 Å². The van der Waals surface area contributed by atoms with Crippen molar-refractivity contribution in [2.24, 2.45) is 0 Å². The SMILES string of the molecule is CC(NCCn1ncc2ccccc21)c1cccc(Cl)n1. The van der Waals surface area contributed by atoms with Gasteiger partial charge in [0.25, 0.3) is 0 Å². The van der Waals surface area contributed by atoms with Gasteiger partial charge in [0, 0.05) is 18.0 Å². The number of nitrogens with one attached hydrogen (secondary N) is 1. The number of nitrogens with zero attached hydrogens (tertiary/aromatic N) is 3. The molecular formula is C16H17ClN4. The molecule has 108 valence electrons. The van der Waals surface area contributed by atoms with E-state index in [0.717, 1.165) is 24.3 Å². The molecule has 2 aromatic heterocycles. The third-order valence-corrected chi connectivity index (χ3v) is 3.72. The molecule has 1 atom stereocenters. The van der Waals surface area contributed by atoms with E-state index in [2.05, 4.69) is 34.5 Å². The molecule has 0 aliphatic rings. The molecule has 0 saturated heterocycles. The molecule has 0 bridgehead atoms. The van der Waals surface area contributed by atoms with Crippen molar-refractivity contribution in [3.63, 3.8) is 0 Å². The highest BCUT2D eigenvalue weighted by atomic mass is 35.5. The number of rotatable bonds is 5. The van der Waals surface area contributed by atoms with E-state index in [1.54, 1.807) is 6.07 Å². The maximum Gasteiger partial charge on any atom is 0.129 e. The van der Waals surface area contributed by atoms with Crippen LogP contribution in [0.4, 0.5) is 0 Å². The molecule has 0 fully saturated rings. The Kier molecular flexibility index (Phi) is 4.18. The maximum absolute atomic E-state index is 5.92. The molecule has 2 heterocycles. The van der Waals surface area contributed by atoms with E-state index in [1.165, 1.54) is 5.39 Å². The monoisotopic (exact) mass is 300 g/mol. The molecule has 0 spiro atoms. The lowest BCUT2D eigenvalue weighted by Crippen LogP contribution is -2.24. The van der Waals surface area contributed by atoms with Crippen molar-refractivity contribution in [2.45, 2.75) is 19.5 Å². The molecule has 21 heavy (non-hydrogen) atoms. The number of pyridine rings is 1. The lowest BCUT2D eigenvalue weighted by atomic mass is 10.2. The summed E-state index contributed by atoms with van der Waals surface area (Å²) in [4.78, 5) is 4.32. The number of hydrogen-bond donors (Lipinski definition) is 1. The molecule has 1 N–H and O–H groups in total. The summed E-state index contributed by atoms with van der Waals surface area (Å²) in [5.74, 6) is 0. The predicted molar refractivity (Wildman–Crippen MR) is 85.4 cm³/mol. The minimum Gasteiger partial charge on any atom is -0.307 e. The number of para-hydroxylation sites is 1. The zero-order chi connectivity index (χ0) is 14.7. The highest BCUT2D eigenvalue weighted by Gasteiger charge is 2.07. The van der Waals surface area contributed by atoms with Gasteiger partial charge in [0.15, 0.2) is 0 Å². The van der Waals surface area contributed by atoms with Gasteiger partial charge in [-0.15, -0.1) is 0 Å². The molecule has 1 unspecified atom stereocenters. The Morgan fingerprint density at radius 2 is 2.05 bits per heavy atom. The first-order valence-electron chi connectivity index (χ1n) is 7.00. The van der Waals surface area contributed by atoms with Crippen molar-refractivity contribution in [2.75, 3.05) is 6.54 Å². The van der Waals surface area contributed by atoms with Gasteiger partial charge in [-0.05, 0) is 25.1 Å². The minimum absolute atomic E-state index is 0.158. The summed E-state index contributed by atoms with van der Waals surface area (Å²) in [7, 11) is 0. The molecule has 4 nitrogen and oxygen atoms in total. The van der Waals surface area contributed by atoms with Gasteiger partial charge in [0.2, 0.25) is 0 Å². The average molecular weight is 301 g/mol. The Morgan fingerprint density at radius 1 is 1.19 bits per heavy atom. The predicted octanol–water partition coefficient (Wildman–Crippen LogP) is 3.44. The van der Waals surface area contributed by atoms with Crippen LogP contribution in [0.3, 0.4) is 0 Å². The van der Waals surface area contributed by atoms with Gasteiger partial charge >= 0.3 is 0 Å². The second-order valence-corrected chi connectivity index (χ2v) is 5.37. The number of halogens is 1. The Balaban J connectivity index is 1.61. The quantitative estimate of drug-likeness (QED) is 0.734. The van der Waals surface area contributed by atoms with Crippen LogP contribution >= 0.6 is 11.6 Å². The third kappa shape index (κ3) is 3.23. The largest absolute Gasteiger partial charge is 0.307 e. The van der Waals surface area contributed by atoms with E-state index in [9.17, 15) is 0 Å². The van der Waals surface area contributed by atoms with Gasteiger partial charge in [0.1, 0.15) is 5.15 Å². The van der Waals surface area contributed by atoms with Crippen LogP contribution in [-0.2, 0) is 6.54 Å². The first-order chi connectivity index (χ1) is 10.2.